The zero-order chi connectivity index (χ0) is 13.0. The molecule has 0 bridgehead atoms. The van der Waals surface area contributed by atoms with Crippen molar-refractivity contribution in [2.75, 3.05) is 7.11 Å². The van der Waals surface area contributed by atoms with E-state index in [4.69, 9.17) is 17.0 Å². The number of nitrogens with one attached hydrogen (secondary N) is 1. The number of methoxy groups -OCH3 is 1. The Kier molecular flexibility index (Phi) is 4.51. The van der Waals surface area contributed by atoms with E-state index in [1.54, 1.807) is 7.11 Å². The van der Waals surface area contributed by atoms with E-state index in [9.17, 15) is 0 Å². The lowest BCUT2D eigenvalue weighted by Crippen LogP contribution is -2.30. The predicted molar refractivity (Wildman–Crippen MR) is 75.2 cm³/mol. The average molecular weight is 266 g/mol. The van der Waals surface area contributed by atoms with E-state index < -0.39 is 0 Å². The minimum atomic E-state index is -0.255. The Hall–Kier alpha value is -0.740. The topological polar surface area (TPSA) is 37.9 Å². The highest BCUT2D eigenvalue weighted by atomic mass is 32.1. The van der Waals surface area contributed by atoms with Crippen molar-refractivity contribution in [3.05, 3.63) is 22.2 Å². The third kappa shape index (κ3) is 2.81. The van der Waals surface area contributed by atoms with Crippen molar-refractivity contribution < 1.29 is 4.74 Å². The molecule has 3 nitrogen and oxygen atoms in total. The summed E-state index contributed by atoms with van der Waals surface area (Å²) in [6.45, 7) is 2.12. The number of aromatic nitrogens is 2. The Labute approximate surface area is 114 Å². The summed E-state index contributed by atoms with van der Waals surface area (Å²) in [5.74, 6) is 0.927. The number of aryl methyl sites for hydroxylation is 1. The first-order valence-corrected chi connectivity index (χ1v) is 7.27. The van der Waals surface area contributed by atoms with Crippen LogP contribution in [-0.2, 0) is 16.8 Å². The molecule has 4 heteroatoms. The van der Waals surface area contributed by atoms with Crippen molar-refractivity contribution in [2.24, 2.45) is 0 Å². The van der Waals surface area contributed by atoms with E-state index in [0.29, 0.717) is 4.64 Å². The summed E-state index contributed by atoms with van der Waals surface area (Å²) in [6, 6.07) is 1.94. The Morgan fingerprint density at radius 2 is 2.00 bits per heavy atom. The lowest BCUT2D eigenvalue weighted by atomic mass is 9.93. The van der Waals surface area contributed by atoms with Gasteiger partial charge in [0, 0.05) is 12.8 Å². The molecule has 1 aliphatic rings. The van der Waals surface area contributed by atoms with Gasteiger partial charge in [0.2, 0.25) is 0 Å². The van der Waals surface area contributed by atoms with E-state index in [0.717, 1.165) is 30.8 Å². The van der Waals surface area contributed by atoms with Gasteiger partial charge in [-0.3, -0.25) is 0 Å². The second-order valence-corrected chi connectivity index (χ2v) is 5.48. The number of H-pyrrole nitrogens is 1. The van der Waals surface area contributed by atoms with Crippen molar-refractivity contribution in [3.8, 4) is 0 Å². The summed E-state index contributed by atoms with van der Waals surface area (Å²) in [4.78, 5) is 7.95. The molecule has 1 heterocycles. The maximum atomic E-state index is 5.86. The molecule has 1 aliphatic carbocycles. The minimum absolute atomic E-state index is 0.255. The van der Waals surface area contributed by atoms with Gasteiger partial charge in [-0.25, -0.2) is 4.98 Å². The monoisotopic (exact) mass is 266 g/mol. The largest absolute Gasteiger partial charge is 0.370 e. The van der Waals surface area contributed by atoms with Crippen LogP contribution in [0.4, 0.5) is 0 Å². The molecule has 0 atom stereocenters. The van der Waals surface area contributed by atoms with E-state index in [-0.39, 0.29) is 5.60 Å². The second-order valence-electron chi connectivity index (χ2n) is 5.06. The fraction of sp³-hybridized carbons (Fsp3) is 0.714. The molecule has 1 saturated carbocycles. The zero-order valence-corrected chi connectivity index (χ0v) is 12.1. The number of nitrogens with zero attached hydrogens (tertiary/aromatic N) is 1. The number of aromatic amines is 1. The fourth-order valence-corrected chi connectivity index (χ4v) is 2.98. The summed E-state index contributed by atoms with van der Waals surface area (Å²) in [6.07, 6.45) is 8.00. The van der Waals surface area contributed by atoms with Gasteiger partial charge >= 0.3 is 0 Å². The molecule has 0 radical (unpaired) electrons. The van der Waals surface area contributed by atoms with Crippen LogP contribution in [0.1, 0.15) is 57.0 Å². The standard InChI is InChI=1S/C14H22N2OS/c1-3-11-10-12(18)16-13(15-11)14(17-2)8-6-4-5-7-9-14/h10H,3-9H2,1-2H3,(H,15,16,18). The number of hydrogen-bond acceptors (Lipinski definition) is 3. The molecule has 18 heavy (non-hydrogen) atoms. The highest BCUT2D eigenvalue weighted by Gasteiger charge is 2.35. The minimum Gasteiger partial charge on any atom is -0.370 e. The highest BCUT2D eigenvalue weighted by Crippen LogP contribution is 2.37. The lowest BCUT2D eigenvalue weighted by Gasteiger charge is -2.30. The van der Waals surface area contributed by atoms with Crippen LogP contribution in [0.2, 0.25) is 0 Å². The molecule has 1 aromatic heterocycles. The molecule has 0 unspecified atom stereocenters. The Balaban J connectivity index is 2.42. The van der Waals surface area contributed by atoms with Crippen LogP contribution in [0, 0.1) is 4.64 Å². The van der Waals surface area contributed by atoms with E-state index in [1.165, 1.54) is 25.7 Å². The van der Waals surface area contributed by atoms with Crippen molar-refractivity contribution in [2.45, 2.75) is 57.5 Å². The van der Waals surface area contributed by atoms with Crippen LogP contribution in [0.5, 0.6) is 0 Å². The lowest BCUT2D eigenvalue weighted by molar-refractivity contribution is -0.0353. The fourth-order valence-electron chi connectivity index (χ4n) is 2.75. The molecule has 0 aliphatic heterocycles. The van der Waals surface area contributed by atoms with Crippen LogP contribution in [-0.4, -0.2) is 17.1 Å². The first-order valence-electron chi connectivity index (χ1n) is 6.86. The molecule has 0 amide bonds. The van der Waals surface area contributed by atoms with Gasteiger partial charge in [-0.05, 0) is 25.3 Å². The van der Waals surface area contributed by atoms with Gasteiger partial charge in [0.15, 0.2) is 0 Å². The van der Waals surface area contributed by atoms with Crippen LogP contribution < -0.4 is 0 Å². The molecular weight excluding hydrogens is 244 g/mol. The smallest absolute Gasteiger partial charge is 0.140 e. The molecule has 2 rings (SSSR count). The summed E-state index contributed by atoms with van der Waals surface area (Å²) >= 11 is 5.27. The first kappa shape index (κ1) is 13.7. The Morgan fingerprint density at radius 1 is 1.33 bits per heavy atom. The van der Waals surface area contributed by atoms with Gasteiger partial charge in [0.1, 0.15) is 16.1 Å². The van der Waals surface area contributed by atoms with Crippen molar-refractivity contribution in [1.82, 2.24) is 9.97 Å². The van der Waals surface area contributed by atoms with Crippen LogP contribution in [0.15, 0.2) is 6.07 Å². The zero-order valence-electron chi connectivity index (χ0n) is 11.3. The van der Waals surface area contributed by atoms with E-state index >= 15 is 0 Å². The van der Waals surface area contributed by atoms with Gasteiger partial charge in [-0.2, -0.15) is 0 Å². The molecule has 1 aromatic rings. The Bertz CT molecular complexity index is 447. The normalized spacial score (nSPS) is 19.4. The summed E-state index contributed by atoms with van der Waals surface area (Å²) in [7, 11) is 1.79. The van der Waals surface area contributed by atoms with Crippen LogP contribution >= 0.6 is 12.2 Å². The van der Waals surface area contributed by atoms with Crippen LogP contribution in [0.25, 0.3) is 0 Å². The molecule has 100 valence electrons. The summed E-state index contributed by atoms with van der Waals surface area (Å²) in [5, 5.41) is 0. The van der Waals surface area contributed by atoms with Crippen LogP contribution in [0.3, 0.4) is 0 Å². The van der Waals surface area contributed by atoms with Gasteiger partial charge < -0.3 is 9.72 Å². The maximum absolute atomic E-state index is 5.86. The number of hydrogen-bond donors (Lipinski definition) is 1. The third-order valence-electron chi connectivity index (χ3n) is 3.91. The third-order valence-corrected chi connectivity index (χ3v) is 4.12. The quantitative estimate of drug-likeness (QED) is 0.666. The predicted octanol–water partition coefficient (Wildman–Crippen LogP) is 3.90. The molecular formula is C14H22N2OS. The van der Waals surface area contributed by atoms with Gasteiger partial charge in [0.05, 0.1) is 0 Å². The molecule has 1 N–H and O–H groups in total. The Morgan fingerprint density at radius 3 is 2.56 bits per heavy atom. The van der Waals surface area contributed by atoms with Gasteiger partial charge in [-0.1, -0.05) is 44.8 Å². The van der Waals surface area contributed by atoms with Crippen molar-refractivity contribution >= 4 is 12.2 Å². The molecule has 0 spiro atoms. The molecule has 1 fully saturated rings. The first-order chi connectivity index (χ1) is 8.70. The highest BCUT2D eigenvalue weighted by molar-refractivity contribution is 7.71. The van der Waals surface area contributed by atoms with Crippen molar-refractivity contribution in [3.63, 3.8) is 0 Å². The maximum Gasteiger partial charge on any atom is 0.140 e. The summed E-state index contributed by atoms with van der Waals surface area (Å²) < 4.78 is 6.53. The second kappa shape index (κ2) is 5.93. The van der Waals surface area contributed by atoms with Crippen molar-refractivity contribution in [1.29, 1.82) is 0 Å². The SMILES string of the molecule is CCc1cc(=S)nc(C2(OC)CCCCCC2)[nH]1. The van der Waals surface area contributed by atoms with Gasteiger partial charge in [-0.15, -0.1) is 0 Å². The van der Waals surface area contributed by atoms with E-state index in [2.05, 4.69) is 16.9 Å². The molecule has 0 aromatic carbocycles. The van der Waals surface area contributed by atoms with E-state index in [1.807, 2.05) is 6.07 Å². The molecule has 0 saturated heterocycles. The number of rotatable bonds is 3. The average Bonchev–Trinajstić information content (AvgIpc) is 2.64. The van der Waals surface area contributed by atoms with Gasteiger partial charge in [0.25, 0.3) is 0 Å². The number of ether oxygens (including phenoxy) is 1. The summed E-state index contributed by atoms with van der Waals surface area (Å²) in [5.41, 5.74) is 0.889.